The highest BCUT2D eigenvalue weighted by Gasteiger charge is 2.30. The molecule has 1 N–H and O–H groups in total. The lowest BCUT2D eigenvalue weighted by molar-refractivity contribution is -0.146. The number of aromatic amines is 1. The number of nitrogens with zero attached hydrogens (tertiary/aromatic N) is 4. The minimum atomic E-state index is -0.638. The van der Waals surface area contributed by atoms with E-state index in [1.54, 1.807) is 36.1 Å². The van der Waals surface area contributed by atoms with E-state index < -0.39 is 6.10 Å². The molecule has 3 rings (SSSR count). The standard InChI is InChI=1S/C17H19N5O3/c1-11(25-14-5-3-13(9-18)4-6-14)17(23)22-7-8-24-15(10-22)16-19-12(2)20-21-16/h3-6,11,15H,7-8,10H2,1-2H3,(H,19,20,21)/t11-,15-/m1/s1. The van der Waals surface area contributed by atoms with Gasteiger partial charge in [0.1, 0.15) is 17.7 Å². The first-order valence-corrected chi connectivity index (χ1v) is 8.03. The maximum absolute atomic E-state index is 12.7. The summed E-state index contributed by atoms with van der Waals surface area (Å²) in [4.78, 5) is 18.6. The number of aromatic nitrogens is 3. The maximum atomic E-state index is 12.7. The monoisotopic (exact) mass is 341 g/mol. The molecule has 1 aromatic heterocycles. The average Bonchev–Trinajstić information content (AvgIpc) is 3.08. The van der Waals surface area contributed by atoms with Gasteiger partial charge in [-0.3, -0.25) is 9.89 Å². The second kappa shape index (κ2) is 7.32. The SMILES string of the molecule is Cc1nc([C@H]2CN(C(=O)[C@@H](C)Oc3ccc(C#N)cc3)CCO2)n[nH]1. The van der Waals surface area contributed by atoms with Crippen LogP contribution in [0.15, 0.2) is 24.3 Å². The number of aryl methyl sites for hydroxylation is 1. The van der Waals surface area contributed by atoms with E-state index in [1.165, 1.54) is 0 Å². The van der Waals surface area contributed by atoms with Gasteiger partial charge in [0.15, 0.2) is 11.9 Å². The zero-order chi connectivity index (χ0) is 17.8. The summed E-state index contributed by atoms with van der Waals surface area (Å²) in [5.41, 5.74) is 0.546. The second-order valence-electron chi connectivity index (χ2n) is 5.82. The zero-order valence-electron chi connectivity index (χ0n) is 14.1. The number of amides is 1. The Kier molecular flexibility index (Phi) is 4.95. The first-order valence-electron chi connectivity index (χ1n) is 8.03. The normalized spacial score (nSPS) is 18.4. The number of rotatable bonds is 4. The van der Waals surface area contributed by atoms with Gasteiger partial charge in [0, 0.05) is 6.54 Å². The van der Waals surface area contributed by atoms with Crippen molar-refractivity contribution in [1.29, 1.82) is 5.26 Å². The fraction of sp³-hybridized carbons (Fsp3) is 0.412. The largest absolute Gasteiger partial charge is 0.481 e. The second-order valence-corrected chi connectivity index (χ2v) is 5.82. The third-order valence-corrected chi connectivity index (χ3v) is 3.92. The van der Waals surface area contributed by atoms with E-state index in [2.05, 4.69) is 15.2 Å². The number of nitrogens with one attached hydrogen (secondary N) is 1. The Morgan fingerprint density at radius 3 is 2.88 bits per heavy atom. The molecule has 0 aliphatic carbocycles. The first kappa shape index (κ1) is 16.9. The van der Waals surface area contributed by atoms with Crippen LogP contribution in [0.2, 0.25) is 0 Å². The Morgan fingerprint density at radius 2 is 2.24 bits per heavy atom. The third-order valence-electron chi connectivity index (χ3n) is 3.92. The van der Waals surface area contributed by atoms with Gasteiger partial charge in [0.05, 0.1) is 24.8 Å². The minimum absolute atomic E-state index is 0.120. The van der Waals surface area contributed by atoms with E-state index in [-0.39, 0.29) is 12.0 Å². The summed E-state index contributed by atoms with van der Waals surface area (Å²) in [6.45, 7) is 4.84. The number of hydrogen-bond donors (Lipinski definition) is 1. The molecule has 130 valence electrons. The Balaban J connectivity index is 1.61. The van der Waals surface area contributed by atoms with E-state index in [1.807, 2.05) is 13.0 Å². The van der Waals surface area contributed by atoms with Crippen molar-refractivity contribution in [3.05, 3.63) is 41.5 Å². The molecule has 8 nitrogen and oxygen atoms in total. The summed E-state index contributed by atoms with van der Waals surface area (Å²) in [7, 11) is 0. The number of H-pyrrole nitrogens is 1. The Hall–Kier alpha value is -2.92. The van der Waals surface area contributed by atoms with Gasteiger partial charge in [-0.25, -0.2) is 4.98 Å². The quantitative estimate of drug-likeness (QED) is 0.900. The molecule has 2 atom stereocenters. The topological polar surface area (TPSA) is 104 Å². The number of benzene rings is 1. The van der Waals surface area contributed by atoms with Gasteiger partial charge in [-0.15, -0.1) is 0 Å². The predicted molar refractivity (Wildman–Crippen MR) is 87.6 cm³/mol. The van der Waals surface area contributed by atoms with Crippen molar-refractivity contribution in [2.45, 2.75) is 26.1 Å². The van der Waals surface area contributed by atoms with Crippen LogP contribution in [-0.4, -0.2) is 51.8 Å². The average molecular weight is 341 g/mol. The van der Waals surface area contributed by atoms with Gasteiger partial charge in [0.2, 0.25) is 0 Å². The summed E-state index contributed by atoms with van der Waals surface area (Å²) in [5.74, 6) is 1.69. The number of carbonyl (C=O) groups is 1. The molecular weight excluding hydrogens is 322 g/mol. The summed E-state index contributed by atoms with van der Waals surface area (Å²) in [5, 5.41) is 15.7. The van der Waals surface area contributed by atoms with E-state index in [0.29, 0.717) is 42.7 Å². The highest BCUT2D eigenvalue weighted by molar-refractivity contribution is 5.81. The van der Waals surface area contributed by atoms with Crippen molar-refractivity contribution in [3.63, 3.8) is 0 Å². The molecule has 8 heteroatoms. The fourth-order valence-electron chi connectivity index (χ4n) is 2.63. The summed E-state index contributed by atoms with van der Waals surface area (Å²) < 4.78 is 11.4. The lowest BCUT2D eigenvalue weighted by atomic mass is 10.2. The number of hydrogen-bond acceptors (Lipinski definition) is 6. The molecule has 0 spiro atoms. The summed E-state index contributed by atoms with van der Waals surface area (Å²) >= 11 is 0. The molecule has 2 aromatic rings. The van der Waals surface area contributed by atoms with Gasteiger partial charge in [-0.2, -0.15) is 10.4 Å². The zero-order valence-corrected chi connectivity index (χ0v) is 14.1. The molecule has 1 fully saturated rings. The molecule has 0 saturated carbocycles. The van der Waals surface area contributed by atoms with Crippen LogP contribution >= 0.6 is 0 Å². The predicted octanol–water partition coefficient (Wildman–Crippen LogP) is 1.35. The van der Waals surface area contributed by atoms with Crippen LogP contribution in [0.4, 0.5) is 0 Å². The van der Waals surface area contributed by atoms with E-state index in [4.69, 9.17) is 14.7 Å². The van der Waals surface area contributed by atoms with Gasteiger partial charge in [-0.05, 0) is 38.1 Å². The molecular formula is C17H19N5O3. The van der Waals surface area contributed by atoms with Crippen LogP contribution in [0.25, 0.3) is 0 Å². The minimum Gasteiger partial charge on any atom is -0.481 e. The lowest BCUT2D eigenvalue weighted by Gasteiger charge is -2.33. The molecule has 1 aromatic carbocycles. The molecule has 1 saturated heterocycles. The van der Waals surface area contributed by atoms with Crippen molar-refractivity contribution < 1.29 is 14.3 Å². The number of morpholine rings is 1. The smallest absolute Gasteiger partial charge is 0.263 e. The molecule has 0 radical (unpaired) electrons. The van der Waals surface area contributed by atoms with E-state index >= 15 is 0 Å². The van der Waals surface area contributed by atoms with Gasteiger partial charge >= 0.3 is 0 Å². The van der Waals surface area contributed by atoms with Crippen LogP contribution in [0.5, 0.6) is 5.75 Å². The number of carbonyl (C=O) groups excluding carboxylic acids is 1. The highest BCUT2D eigenvalue weighted by Crippen LogP contribution is 2.21. The molecule has 0 bridgehead atoms. The molecule has 0 unspecified atom stereocenters. The fourth-order valence-corrected chi connectivity index (χ4v) is 2.63. The first-order chi connectivity index (χ1) is 12.1. The molecule has 1 amide bonds. The van der Waals surface area contributed by atoms with Gasteiger partial charge in [0.25, 0.3) is 5.91 Å². The van der Waals surface area contributed by atoms with Crippen LogP contribution in [0.3, 0.4) is 0 Å². The maximum Gasteiger partial charge on any atom is 0.263 e. The number of nitriles is 1. The Morgan fingerprint density at radius 1 is 1.48 bits per heavy atom. The van der Waals surface area contributed by atoms with E-state index in [0.717, 1.165) is 0 Å². The Labute approximate surface area is 145 Å². The van der Waals surface area contributed by atoms with Crippen molar-refractivity contribution in [2.24, 2.45) is 0 Å². The lowest BCUT2D eigenvalue weighted by Crippen LogP contribution is -2.47. The molecule has 25 heavy (non-hydrogen) atoms. The summed E-state index contributed by atoms with van der Waals surface area (Å²) in [6, 6.07) is 8.72. The van der Waals surface area contributed by atoms with Gasteiger partial charge in [-0.1, -0.05) is 0 Å². The van der Waals surface area contributed by atoms with Crippen molar-refractivity contribution >= 4 is 5.91 Å². The van der Waals surface area contributed by atoms with Crippen LogP contribution in [0.1, 0.15) is 30.2 Å². The van der Waals surface area contributed by atoms with Gasteiger partial charge < -0.3 is 14.4 Å². The van der Waals surface area contributed by atoms with Crippen LogP contribution in [-0.2, 0) is 9.53 Å². The van der Waals surface area contributed by atoms with Crippen LogP contribution in [0, 0.1) is 18.3 Å². The van der Waals surface area contributed by atoms with Crippen LogP contribution < -0.4 is 4.74 Å². The van der Waals surface area contributed by atoms with Crippen molar-refractivity contribution in [3.8, 4) is 11.8 Å². The Bertz CT molecular complexity index is 780. The number of ether oxygens (including phenoxy) is 2. The third kappa shape index (κ3) is 3.95. The van der Waals surface area contributed by atoms with Crippen molar-refractivity contribution in [1.82, 2.24) is 20.1 Å². The summed E-state index contributed by atoms with van der Waals surface area (Å²) in [6.07, 6.45) is -0.981. The molecule has 1 aliphatic rings. The van der Waals surface area contributed by atoms with E-state index in [9.17, 15) is 4.79 Å². The van der Waals surface area contributed by atoms with Crippen molar-refractivity contribution in [2.75, 3.05) is 19.7 Å². The molecule has 1 aliphatic heterocycles. The molecule has 2 heterocycles. The highest BCUT2D eigenvalue weighted by atomic mass is 16.5.